The molecule has 0 bridgehead atoms. The third-order valence-corrected chi connectivity index (χ3v) is 4.03. The van der Waals surface area contributed by atoms with Crippen LogP contribution in [0.2, 0.25) is 10.0 Å². The second-order valence-electron chi connectivity index (χ2n) is 4.60. The first kappa shape index (κ1) is 13.2. The summed E-state index contributed by atoms with van der Waals surface area (Å²) in [5.41, 5.74) is 0.213. The van der Waals surface area contributed by atoms with Crippen molar-refractivity contribution in [1.29, 1.82) is 0 Å². The second kappa shape index (κ2) is 5.15. The number of halogens is 2. The third-order valence-electron chi connectivity index (χ3n) is 3.17. The topological polar surface area (TPSA) is 29.5 Å². The molecule has 0 atom stereocenters. The molecule has 4 heteroatoms. The van der Waals surface area contributed by atoms with Crippen LogP contribution in [0.15, 0.2) is 18.2 Å². The normalized spacial score (nSPS) is 27.9. The maximum absolute atomic E-state index is 10.3. The number of benzene rings is 1. The first-order valence-electron chi connectivity index (χ1n) is 5.81. The van der Waals surface area contributed by atoms with Gasteiger partial charge in [0.25, 0.3) is 0 Å². The van der Waals surface area contributed by atoms with Gasteiger partial charge in [-0.3, -0.25) is 0 Å². The Bertz CT molecular complexity index is 400. The van der Waals surface area contributed by atoms with Gasteiger partial charge in [0.2, 0.25) is 0 Å². The van der Waals surface area contributed by atoms with Crippen LogP contribution in [-0.2, 0) is 11.2 Å². The third kappa shape index (κ3) is 2.94. The standard InChI is InChI=1S/C13H16Cl2O2/c1-2-17-10-7-13(16,8-10)6-9-4-3-5-11(14)12(9)15/h3-5,10,16H,2,6-8H2,1H3. The van der Waals surface area contributed by atoms with Gasteiger partial charge in [0.15, 0.2) is 0 Å². The van der Waals surface area contributed by atoms with Crippen LogP contribution in [0.25, 0.3) is 0 Å². The summed E-state index contributed by atoms with van der Waals surface area (Å²) in [4.78, 5) is 0. The van der Waals surface area contributed by atoms with Gasteiger partial charge in [0, 0.05) is 25.9 Å². The van der Waals surface area contributed by atoms with Crippen LogP contribution in [-0.4, -0.2) is 23.4 Å². The molecular weight excluding hydrogens is 259 g/mol. The molecule has 0 heterocycles. The van der Waals surface area contributed by atoms with Crippen LogP contribution >= 0.6 is 23.2 Å². The molecule has 2 nitrogen and oxygen atoms in total. The van der Waals surface area contributed by atoms with Gasteiger partial charge < -0.3 is 9.84 Å². The summed E-state index contributed by atoms with van der Waals surface area (Å²) in [6.07, 6.45) is 2.06. The Kier molecular flexibility index (Phi) is 3.99. The van der Waals surface area contributed by atoms with E-state index in [-0.39, 0.29) is 6.10 Å². The van der Waals surface area contributed by atoms with Crippen LogP contribution in [0, 0.1) is 0 Å². The quantitative estimate of drug-likeness (QED) is 0.911. The van der Waals surface area contributed by atoms with Gasteiger partial charge in [0.05, 0.1) is 21.8 Å². The smallest absolute Gasteiger partial charge is 0.0737 e. The molecule has 1 saturated carbocycles. The Morgan fingerprint density at radius 1 is 1.41 bits per heavy atom. The van der Waals surface area contributed by atoms with Crippen molar-refractivity contribution in [2.24, 2.45) is 0 Å². The SMILES string of the molecule is CCOC1CC(O)(Cc2cccc(Cl)c2Cl)C1. The lowest BCUT2D eigenvalue weighted by atomic mass is 9.73. The number of rotatable bonds is 4. The zero-order chi connectivity index (χ0) is 12.5. The van der Waals surface area contributed by atoms with Crippen molar-refractivity contribution >= 4 is 23.2 Å². The predicted octanol–water partition coefficient (Wildman–Crippen LogP) is 3.47. The predicted molar refractivity (Wildman–Crippen MR) is 69.8 cm³/mol. The molecule has 1 N–H and O–H groups in total. The van der Waals surface area contributed by atoms with Crippen LogP contribution < -0.4 is 0 Å². The van der Waals surface area contributed by atoms with E-state index in [1.165, 1.54) is 0 Å². The summed E-state index contributed by atoms with van der Waals surface area (Å²) in [5, 5.41) is 11.4. The molecule has 0 amide bonds. The van der Waals surface area contributed by atoms with Gasteiger partial charge in [-0.25, -0.2) is 0 Å². The average Bonchev–Trinajstić information content (AvgIpc) is 2.23. The molecule has 0 aliphatic heterocycles. The van der Waals surface area contributed by atoms with E-state index in [1.54, 1.807) is 6.07 Å². The molecule has 1 aromatic rings. The summed E-state index contributed by atoms with van der Waals surface area (Å²) >= 11 is 12.0. The largest absolute Gasteiger partial charge is 0.389 e. The summed E-state index contributed by atoms with van der Waals surface area (Å²) < 4.78 is 5.45. The van der Waals surface area contributed by atoms with Crippen molar-refractivity contribution in [3.63, 3.8) is 0 Å². The molecule has 1 aliphatic rings. The fourth-order valence-electron chi connectivity index (χ4n) is 2.33. The Labute approximate surface area is 111 Å². The molecule has 17 heavy (non-hydrogen) atoms. The molecule has 0 saturated heterocycles. The maximum Gasteiger partial charge on any atom is 0.0737 e. The van der Waals surface area contributed by atoms with Crippen LogP contribution in [0.5, 0.6) is 0 Å². The van der Waals surface area contributed by atoms with Gasteiger partial charge in [-0.05, 0) is 18.6 Å². The van der Waals surface area contributed by atoms with Crippen LogP contribution in [0.4, 0.5) is 0 Å². The molecule has 1 aromatic carbocycles. The van der Waals surface area contributed by atoms with E-state index in [1.807, 2.05) is 19.1 Å². The van der Waals surface area contributed by atoms with Crippen molar-refractivity contribution in [2.75, 3.05) is 6.61 Å². The Morgan fingerprint density at radius 2 is 2.12 bits per heavy atom. The first-order chi connectivity index (χ1) is 8.04. The van der Waals surface area contributed by atoms with Gasteiger partial charge >= 0.3 is 0 Å². The van der Waals surface area contributed by atoms with Crippen LogP contribution in [0.3, 0.4) is 0 Å². The number of hydrogen-bond acceptors (Lipinski definition) is 2. The van der Waals surface area contributed by atoms with Crippen molar-refractivity contribution in [2.45, 2.75) is 37.9 Å². The minimum atomic E-state index is -0.686. The molecule has 2 rings (SSSR count). The van der Waals surface area contributed by atoms with Crippen molar-refractivity contribution in [3.05, 3.63) is 33.8 Å². The molecular formula is C13H16Cl2O2. The summed E-state index contributed by atoms with van der Waals surface area (Å²) in [6.45, 7) is 2.66. The highest BCUT2D eigenvalue weighted by Crippen LogP contribution is 2.39. The number of hydrogen-bond donors (Lipinski definition) is 1. The van der Waals surface area contributed by atoms with E-state index in [4.69, 9.17) is 27.9 Å². The Morgan fingerprint density at radius 3 is 2.76 bits per heavy atom. The highest BCUT2D eigenvalue weighted by atomic mass is 35.5. The zero-order valence-corrected chi connectivity index (χ0v) is 11.3. The van der Waals surface area contributed by atoms with Gasteiger partial charge in [-0.1, -0.05) is 35.3 Å². The highest BCUT2D eigenvalue weighted by Gasteiger charge is 2.43. The molecule has 0 unspecified atom stereocenters. The molecule has 0 spiro atoms. The van der Waals surface area contributed by atoms with E-state index < -0.39 is 5.60 Å². The lowest BCUT2D eigenvalue weighted by Crippen LogP contribution is -2.49. The van der Waals surface area contributed by atoms with E-state index >= 15 is 0 Å². The summed E-state index contributed by atoms with van der Waals surface area (Å²) in [7, 11) is 0. The molecule has 0 aromatic heterocycles. The minimum Gasteiger partial charge on any atom is -0.389 e. The average molecular weight is 275 g/mol. The van der Waals surface area contributed by atoms with Crippen LogP contribution in [0.1, 0.15) is 25.3 Å². The van der Waals surface area contributed by atoms with E-state index in [0.717, 1.165) is 5.56 Å². The van der Waals surface area contributed by atoms with Gasteiger partial charge in [0.1, 0.15) is 0 Å². The van der Waals surface area contributed by atoms with Gasteiger partial charge in [-0.15, -0.1) is 0 Å². The fourth-order valence-corrected chi connectivity index (χ4v) is 2.71. The maximum atomic E-state index is 10.3. The van der Waals surface area contributed by atoms with Gasteiger partial charge in [-0.2, -0.15) is 0 Å². The highest BCUT2D eigenvalue weighted by molar-refractivity contribution is 6.42. The van der Waals surface area contributed by atoms with Crippen molar-refractivity contribution < 1.29 is 9.84 Å². The summed E-state index contributed by atoms with van der Waals surface area (Å²) in [6, 6.07) is 5.51. The monoisotopic (exact) mass is 274 g/mol. The van der Waals surface area contributed by atoms with Crippen molar-refractivity contribution in [1.82, 2.24) is 0 Å². The zero-order valence-electron chi connectivity index (χ0n) is 9.75. The molecule has 0 radical (unpaired) electrons. The Balaban J connectivity index is 2.00. The lowest BCUT2D eigenvalue weighted by molar-refractivity contribution is -0.136. The molecule has 1 fully saturated rings. The fraction of sp³-hybridized carbons (Fsp3) is 0.538. The van der Waals surface area contributed by atoms with E-state index in [9.17, 15) is 5.11 Å². The number of aliphatic hydroxyl groups is 1. The van der Waals surface area contributed by atoms with E-state index in [2.05, 4.69) is 0 Å². The lowest BCUT2D eigenvalue weighted by Gasteiger charge is -2.43. The van der Waals surface area contributed by atoms with Crippen molar-refractivity contribution in [3.8, 4) is 0 Å². The Hall–Kier alpha value is -0.280. The second-order valence-corrected chi connectivity index (χ2v) is 5.38. The molecule has 1 aliphatic carbocycles. The first-order valence-corrected chi connectivity index (χ1v) is 6.56. The minimum absolute atomic E-state index is 0.183. The van der Waals surface area contributed by atoms with E-state index in [0.29, 0.717) is 35.9 Å². The molecule has 94 valence electrons. The number of ether oxygens (including phenoxy) is 1. The summed E-state index contributed by atoms with van der Waals surface area (Å²) in [5.74, 6) is 0.